The van der Waals surface area contributed by atoms with Crippen molar-refractivity contribution >= 4 is 17.6 Å². The fraction of sp³-hybridized carbons (Fsp3) is 0.444. The Morgan fingerprint density at radius 1 is 1.30 bits per heavy atom. The van der Waals surface area contributed by atoms with Crippen LogP contribution in [-0.4, -0.2) is 24.3 Å². The molecule has 0 unspecified atom stereocenters. The summed E-state index contributed by atoms with van der Waals surface area (Å²) in [6, 6.07) is 6.33. The van der Waals surface area contributed by atoms with Crippen LogP contribution < -0.4 is 15.4 Å². The molecular weight excluding hydrogens is 378 g/mol. The van der Waals surface area contributed by atoms with Crippen LogP contribution in [0, 0.1) is 0 Å². The first-order valence-corrected chi connectivity index (χ1v) is 8.97. The van der Waals surface area contributed by atoms with E-state index in [1.165, 1.54) is 12.1 Å². The lowest BCUT2D eigenvalue weighted by Crippen LogP contribution is -2.36. The molecule has 0 spiro atoms. The van der Waals surface area contributed by atoms with Crippen molar-refractivity contribution in [1.29, 1.82) is 0 Å². The summed E-state index contributed by atoms with van der Waals surface area (Å²) in [4.78, 5) is 4.40. The van der Waals surface area contributed by atoms with E-state index in [2.05, 4.69) is 25.5 Å². The minimum atomic E-state index is -2.91. The Kier molecular flexibility index (Phi) is 7.84. The first-order chi connectivity index (χ1) is 12.9. The lowest BCUT2D eigenvalue weighted by atomic mass is 10.1. The minimum Gasteiger partial charge on any atom is -0.434 e. The molecule has 2 N–H and O–H groups in total. The summed E-state index contributed by atoms with van der Waals surface area (Å²) in [6.07, 6.45) is 0. The highest BCUT2D eigenvalue weighted by Gasteiger charge is 2.11. The van der Waals surface area contributed by atoms with Gasteiger partial charge in [-0.05, 0) is 31.0 Å². The van der Waals surface area contributed by atoms with Crippen molar-refractivity contribution in [3.8, 4) is 5.75 Å². The molecule has 0 saturated heterocycles. The number of hydrogen-bond acceptors (Lipinski definition) is 4. The van der Waals surface area contributed by atoms with Crippen molar-refractivity contribution < 1.29 is 18.0 Å². The molecule has 2 rings (SSSR count). The molecule has 0 bridgehead atoms. The Hall–Kier alpha value is -2.35. The summed E-state index contributed by atoms with van der Waals surface area (Å²) in [5, 5.41) is 10.6. The average Bonchev–Trinajstić information content (AvgIpc) is 3.08. The van der Waals surface area contributed by atoms with Gasteiger partial charge in [0.1, 0.15) is 5.75 Å². The van der Waals surface area contributed by atoms with Crippen molar-refractivity contribution in [3.05, 3.63) is 46.3 Å². The molecule has 1 heterocycles. The van der Waals surface area contributed by atoms with Crippen molar-refractivity contribution in [2.75, 3.05) is 6.54 Å². The smallest absolute Gasteiger partial charge is 0.387 e. The molecule has 9 heteroatoms. The summed E-state index contributed by atoms with van der Waals surface area (Å²) < 4.78 is 34.9. The highest BCUT2D eigenvalue weighted by atomic mass is 35.5. The van der Waals surface area contributed by atoms with E-state index in [0.717, 1.165) is 5.69 Å². The molecule has 0 radical (unpaired) electrons. The molecule has 1 aromatic carbocycles. The summed E-state index contributed by atoms with van der Waals surface area (Å²) in [7, 11) is 0. The van der Waals surface area contributed by atoms with E-state index in [0.29, 0.717) is 35.4 Å². The monoisotopic (exact) mass is 400 g/mol. The zero-order chi connectivity index (χ0) is 19.8. The van der Waals surface area contributed by atoms with Gasteiger partial charge in [0.15, 0.2) is 11.7 Å². The van der Waals surface area contributed by atoms with Gasteiger partial charge in [0.2, 0.25) is 0 Å². The minimum absolute atomic E-state index is 0.0470. The van der Waals surface area contributed by atoms with Crippen LogP contribution in [0.5, 0.6) is 5.75 Å². The number of nitrogens with zero attached hydrogens (tertiary/aromatic N) is 2. The summed E-state index contributed by atoms with van der Waals surface area (Å²) in [6.45, 7) is 4.22. The Balaban J connectivity index is 2.07. The fourth-order valence-electron chi connectivity index (χ4n) is 2.24. The number of aliphatic imine (C=N–C) groups is 1. The Labute approximate surface area is 161 Å². The molecule has 0 saturated carbocycles. The van der Waals surface area contributed by atoms with E-state index < -0.39 is 6.61 Å². The SMILES string of the molecule is CCNC(=NCc1cc(Cl)ccc1OC(F)F)NCc1cc(C(C)C)no1. The van der Waals surface area contributed by atoms with Crippen LogP contribution in [0.25, 0.3) is 0 Å². The second-order valence-electron chi connectivity index (χ2n) is 6.05. The van der Waals surface area contributed by atoms with Crippen LogP contribution in [0.15, 0.2) is 33.8 Å². The van der Waals surface area contributed by atoms with Crippen molar-refractivity contribution in [3.63, 3.8) is 0 Å². The van der Waals surface area contributed by atoms with Gasteiger partial charge in [-0.15, -0.1) is 0 Å². The third kappa shape index (κ3) is 6.71. The van der Waals surface area contributed by atoms with Gasteiger partial charge in [-0.3, -0.25) is 0 Å². The molecule has 1 aromatic heterocycles. The third-order valence-corrected chi connectivity index (χ3v) is 3.82. The molecule has 0 aliphatic rings. The Morgan fingerprint density at radius 2 is 2.07 bits per heavy atom. The quantitative estimate of drug-likeness (QED) is 0.510. The maximum atomic E-state index is 12.6. The molecule has 0 atom stereocenters. The van der Waals surface area contributed by atoms with Crippen LogP contribution in [0.2, 0.25) is 5.02 Å². The summed E-state index contributed by atoms with van der Waals surface area (Å²) >= 11 is 5.96. The zero-order valence-corrected chi connectivity index (χ0v) is 16.2. The van der Waals surface area contributed by atoms with E-state index in [1.54, 1.807) is 6.07 Å². The van der Waals surface area contributed by atoms with Crippen LogP contribution in [0.4, 0.5) is 8.78 Å². The van der Waals surface area contributed by atoms with Crippen LogP contribution >= 0.6 is 11.6 Å². The highest BCUT2D eigenvalue weighted by molar-refractivity contribution is 6.30. The first kappa shape index (κ1) is 21.0. The molecule has 148 valence electrons. The summed E-state index contributed by atoms with van der Waals surface area (Å²) in [5.74, 6) is 1.50. The van der Waals surface area contributed by atoms with Crippen LogP contribution in [0.3, 0.4) is 0 Å². The Morgan fingerprint density at radius 3 is 2.70 bits per heavy atom. The first-order valence-electron chi connectivity index (χ1n) is 8.60. The van der Waals surface area contributed by atoms with Gasteiger partial charge in [0, 0.05) is 23.2 Å². The van der Waals surface area contributed by atoms with Gasteiger partial charge in [-0.1, -0.05) is 30.6 Å². The Bertz CT molecular complexity index is 766. The number of guanidine groups is 1. The molecule has 0 amide bonds. The molecule has 0 aliphatic carbocycles. The lowest BCUT2D eigenvalue weighted by molar-refractivity contribution is -0.0504. The molecule has 0 fully saturated rings. The topological polar surface area (TPSA) is 71.7 Å². The molecule has 2 aromatic rings. The second-order valence-corrected chi connectivity index (χ2v) is 6.49. The van der Waals surface area contributed by atoms with Crippen molar-refractivity contribution in [1.82, 2.24) is 15.8 Å². The largest absolute Gasteiger partial charge is 0.434 e. The molecule has 27 heavy (non-hydrogen) atoms. The van der Waals surface area contributed by atoms with E-state index >= 15 is 0 Å². The van der Waals surface area contributed by atoms with Gasteiger partial charge in [-0.2, -0.15) is 8.78 Å². The van der Waals surface area contributed by atoms with Crippen molar-refractivity contribution in [2.24, 2.45) is 4.99 Å². The van der Waals surface area contributed by atoms with Gasteiger partial charge >= 0.3 is 6.61 Å². The van der Waals surface area contributed by atoms with Crippen molar-refractivity contribution in [2.45, 2.75) is 46.4 Å². The maximum Gasteiger partial charge on any atom is 0.387 e. The predicted octanol–water partition coefficient (Wildman–Crippen LogP) is 4.31. The number of ether oxygens (including phenoxy) is 1. The number of halogens is 3. The number of nitrogens with one attached hydrogen (secondary N) is 2. The predicted molar refractivity (Wildman–Crippen MR) is 100 cm³/mol. The number of benzene rings is 1. The zero-order valence-electron chi connectivity index (χ0n) is 15.4. The third-order valence-electron chi connectivity index (χ3n) is 3.59. The standard InChI is InChI=1S/C18H23ClF2N4O2/c1-4-22-18(24-10-14-8-15(11(2)3)25-27-14)23-9-12-7-13(19)5-6-16(12)26-17(20)21/h5-8,11,17H,4,9-10H2,1-3H3,(H2,22,23,24). The normalized spacial score (nSPS) is 11.9. The maximum absolute atomic E-state index is 12.6. The van der Waals surface area contributed by atoms with Crippen LogP contribution in [0.1, 0.15) is 43.7 Å². The van der Waals surface area contributed by atoms with Gasteiger partial charge in [0.25, 0.3) is 0 Å². The molecular formula is C18H23ClF2N4O2. The van der Waals surface area contributed by atoms with E-state index in [9.17, 15) is 8.78 Å². The molecule has 6 nitrogen and oxygen atoms in total. The average molecular weight is 401 g/mol. The van der Waals surface area contributed by atoms with E-state index in [4.69, 9.17) is 16.1 Å². The number of aromatic nitrogens is 1. The fourth-order valence-corrected chi connectivity index (χ4v) is 2.44. The van der Waals surface area contributed by atoms with Gasteiger partial charge < -0.3 is 19.9 Å². The highest BCUT2D eigenvalue weighted by Crippen LogP contribution is 2.25. The van der Waals surface area contributed by atoms with Crippen LogP contribution in [-0.2, 0) is 13.1 Å². The van der Waals surface area contributed by atoms with E-state index in [-0.39, 0.29) is 18.2 Å². The number of hydrogen-bond donors (Lipinski definition) is 2. The summed E-state index contributed by atoms with van der Waals surface area (Å²) in [5.41, 5.74) is 1.34. The number of alkyl halides is 2. The molecule has 0 aliphatic heterocycles. The lowest BCUT2D eigenvalue weighted by Gasteiger charge is -2.12. The van der Waals surface area contributed by atoms with Gasteiger partial charge in [-0.25, -0.2) is 4.99 Å². The van der Waals surface area contributed by atoms with Gasteiger partial charge in [0.05, 0.1) is 18.8 Å². The number of rotatable bonds is 8. The second kappa shape index (κ2) is 10.1. The van der Waals surface area contributed by atoms with E-state index in [1.807, 2.05) is 26.8 Å².